The average Bonchev–Trinajstić information content (AvgIpc) is 3.45. The SMILES string of the molecule is CC/C=C\C/C=C\C/C=C\C/C=C\C/C=C\C/C=C\CCC(=O)OC(COC(=O)CCCCCCC/C=C\CCCCCCCC)COP(=O)(O)OCC(CO)OC(=O)CCCCCCCC/C=C\C/C=C\C/C=C\C/C=C\CC. The van der Waals surface area contributed by atoms with Crippen molar-refractivity contribution in [2.45, 2.75) is 251 Å². The van der Waals surface area contributed by atoms with Crippen LogP contribution in [0.3, 0.4) is 0 Å². The molecule has 11 nitrogen and oxygen atoms in total. The van der Waals surface area contributed by atoms with E-state index in [4.69, 9.17) is 23.3 Å². The van der Waals surface area contributed by atoms with Crippen LogP contribution in [0, 0.1) is 0 Å². The molecule has 0 saturated heterocycles. The number of esters is 3. The Balaban J connectivity index is 4.83. The molecule has 0 aromatic heterocycles. The second-order valence-corrected chi connectivity index (χ2v) is 21.6. The lowest BCUT2D eigenvalue weighted by Gasteiger charge is -2.21. The number of ether oxygens (including phenoxy) is 3. The van der Waals surface area contributed by atoms with Gasteiger partial charge in [-0.1, -0.05) is 231 Å². The van der Waals surface area contributed by atoms with Gasteiger partial charge in [0.05, 0.1) is 19.8 Å². The minimum absolute atomic E-state index is 0.0333. The fraction of sp³-hybridized carbons (Fsp3) is 0.632. The Hall–Kier alpha value is -4.38. The highest BCUT2D eigenvalue weighted by Crippen LogP contribution is 2.43. The second kappa shape index (κ2) is 60.7. The van der Waals surface area contributed by atoms with E-state index in [9.17, 15) is 28.9 Å². The molecule has 2 N–H and O–H groups in total. The van der Waals surface area contributed by atoms with E-state index in [2.05, 4.69) is 142 Å². The Morgan fingerprint density at radius 2 is 0.675 bits per heavy atom. The van der Waals surface area contributed by atoms with E-state index in [-0.39, 0.29) is 25.9 Å². The molecule has 0 amide bonds. The number of carbonyl (C=O) groups is 3. The zero-order valence-corrected chi connectivity index (χ0v) is 51.1. The van der Waals surface area contributed by atoms with E-state index in [1.54, 1.807) is 0 Å². The number of allylic oxidation sites excluding steroid dienone is 22. The number of aliphatic hydroxyl groups is 1. The summed E-state index contributed by atoms with van der Waals surface area (Å²) in [5.74, 6) is -1.60. The lowest BCUT2D eigenvalue weighted by atomic mass is 10.1. The van der Waals surface area contributed by atoms with Gasteiger partial charge in [-0.15, -0.1) is 0 Å². The summed E-state index contributed by atoms with van der Waals surface area (Å²) >= 11 is 0. The van der Waals surface area contributed by atoms with E-state index in [1.807, 2.05) is 12.2 Å². The van der Waals surface area contributed by atoms with Crippen LogP contribution in [-0.2, 0) is 42.2 Å². The van der Waals surface area contributed by atoms with Gasteiger partial charge >= 0.3 is 25.7 Å². The predicted octanol–water partition coefficient (Wildman–Crippen LogP) is 18.9. The van der Waals surface area contributed by atoms with Crippen molar-refractivity contribution in [3.8, 4) is 0 Å². The summed E-state index contributed by atoms with van der Waals surface area (Å²) in [7, 11) is -4.79. The Labute approximate surface area is 487 Å². The largest absolute Gasteiger partial charge is 0.472 e. The molecular weight excluding hydrogens is 1020 g/mol. The molecule has 3 unspecified atom stereocenters. The molecule has 0 spiro atoms. The number of rotatable bonds is 56. The van der Waals surface area contributed by atoms with Gasteiger partial charge in [0.25, 0.3) is 0 Å². The zero-order chi connectivity index (χ0) is 58.3. The quantitative estimate of drug-likeness (QED) is 0.0197. The third-order valence-electron chi connectivity index (χ3n) is 12.6. The summed E-state index contributed by atoms with van der Waals surface area (Å²) in [5, 5.41) is 9.85. The summed E-state index contributed by atoms with van der Waals surface area (Å²) < 4.78 is 39.5. The average molecular weight is 1140 g/mol. The minimum atomic E-state index is -4.79. The minimum Gasteiger partial charge on any atom is -0.462 e. The Morgan fingerprint density at radius 1 is 0.362 bits per heavy atom. The van der Waals surface area contributed by atoms with Gasteiger partial charge in [0.2, 0.25) is 0 Å². The molecule has 0 bridgehead atoms. The highest BCUT2D eigenvalue weighted by molar-refractivity contribution is 7.47. The zero-order valence-electron chi connectivity index (χ0n) is 50.2. The molecule has 0 aromatic carbocycles. The Morgan fingerprint density at radius 3 is 1.09 bits per heavy atom. The lowest BCUT2D eigenvalue weighted by molar-refractivity contribution is -0.161. The van der Waals surface area contributed by atoms with Crippen LogP contribution in [0.5, 0.6) is 0 Å². The fourth-order valence-corrected chi connectivity index (χ4v) is 8.68. The van der Waals surface area contributed by atoms with Crippen LogP contribution in [-0.4, -0.2) is 66.5 Å². The van der Waals surface area contributed by atoms with Crippen LogP contribution < -0.4 is 0 Å². The maximum Gasteiger partial charge on any atom is 0.472 e. The fourth-order valence-electron chi connectivity index (χ4n) is 7.90. The first-order valence-electron chi connectivity index (χ1n) is 31.1. The second-order valence-electron chi connectivity index (χ2n) is 20.1. The third kappa shape index (κ3) is 58.3. The van der Waals surface area contributed by atoms with Gasteiger partial charge in [0.1, 0.15) is 12.7 Å². The van der Waals surface area contributed by atoms with E-state index in [0.29, 0.717) is 25.7 Å². The molecule has 0 fully saturated rings. The van der Waals surface area contributed by atoms with Crippen molar-refractivity contribution in [1.82, 2.24) is 0 Å². The molecule has 12 heteroatoms. The number of carbonyl (C=O) groups excluding carboxylic acids is 3. The van der Waals surface area contributed by atoms with Crippen molar-refractivity contribution in [3.05, 3.63) is 134 Å². The molecule has 0 aliphatic rings. The van der Waals surface area contributed by atoms with Crippen LogP contribution in [0.15, 0.2) is 134 Å². The van der Waals surface area contributed by atoms with Gasteiger partial charge < -0.3 is 24.2 Å². The molecular formula is C68H111O11P. The summed E-state index contributed by atoms with van der Waals surface area (Å²) in [5.41, 5.74) is 0. The molecule has 0 aliphatic carbocycles. The molecule has 454 valence electrons. The topological polar surface area (TPSA) is 155 Å². The molecule has 0 aromatic rings. The monoisotopic (exact) mass is 1130 g/mol. The number of phosphoric ester groups is 1. The molecule has 0 aliphatic heterocycles. The molecule has 0 heterocycles. The van der Waals surface area contributed by atoms with Crippen LogP contribution in [0.2, 0.25) is 0 Å². The van der Waals surface area contributed by atoms with Crippen LogP contribution in [0.1, 0.15) is 239 Å². The van der Waals surface area contributed by atoms with Crippen LogP contribution in [0.4, 0.5) is 0 Å². The maximum absolute atomic E-state index is 12.9. The van der Waals surface area contributed by atoms with Crippen molar-refractivity contribution in [2.75, 3.05) is 26.4 Å². The standard InChI is InChI=1S/C68H111O11P/c1-4-7-10-13-16-19-22-25-28-30-32-34-37-40-43-46-49-52-55-58-67(71)78-64(60-69)62-76-80(73,74)77-63-65(61-75-66(70)57-54-51-48-45-42-39-36-27-24-21-18-15-12-9-6-3)79-68(72)59-56-53-50-47-44-41-38-35-33-31-29-26-23-20-17-14-11-8-5-2/h7-8,10-11,16-17,19-20,25-29,32-36,41,44,50,53,64-65,69H,4-6,9,12-15,18,21-24,30-31,37-40,42-43,45-49,51-52,54-63H2,1-3H3,(H,73,74)/b10-7-,11-8-,19-16-,20-17-,28-25-,29-26-,34-32-,35-33-,36-27-,44-41-,53-50-. The molecule has 0 radical (unpaired) electrons. The summed E-state index contributed by atoms with van der Waals surface area (Å²) in [6.45, 7) is 4.30. The number of unbranched alkanes of at least 4 members (excludes halogenated alkanes) is 17. The summed E-state index contributed by atoms with van der Waals surface area (Å²) in [6.07, 6.45) is 77.0. The van der Waals surface area contributed by atoms with E-state index < -0.39 is 57.8 Å². The first kappa shape index (κ1) is 75.6. The van der Waals surface area contributed by atoms with Gasteiger partial charge in [-0.25, -0.2) is 4.57 Å². The maximum atomic E-state index is 12.9. The number of phosphoric acid groups is 1. The number of hydrogen-bond donors (Lipinski definition) is 2. The highest BCUT2D eigenvalue weighted by Gasteiger charge is 2.28. The van der Waals surface area contributed by atoms with Crippen molar-refractivity contribution in [1.29, 1.82) is 0 Å². The first-order valence-corrected chi connectivity index (χ1v) is 32.6. The molecule has 3 atom stereocenters. The number of aliphatic hydroxyl groups excluding tert-OH is 1. The lowest BCUT2D eigenvalue weighted by Crippen LogP contribution is -2.30. The van der Waals surface area contributed by atoms with Gasteiger partial charge in [0, 0.05) is 19.3 Å². The number of hydrogen-bond acceptors (Lipinski definition) is 10. The van der Waals surface area contributed by atoms with Gasteiger partial charge in [-0.3, -0.25) is 23.4 Å². The van der Waals surface area contributed by atoms with E-state index in [0.717, 1.165) is 135 Å². The van der Waals surface area contributed by atoms with E-state index >= 15 is 0 Å². The van der Waals surface area contributed by atoms with Crippen LogP contribution in [0.25, 0.3) is 0 Å². The van der Waals surface area contributed by atoms with Crippen molar-refractivity contribution >= 4 is 25.7 Å². The van der Waals surface area contributed by atoms with Crippen molar-refractivity contribution < 1.29 is 52.2 Å². The van der Waals surface area contributed by atoms with Crippen LogP contribution >= 0.6 is 7.82 Å². The first-order chi connectivity index (χ1) is 39.2. The smallest absolute Gasteiger partial charge is 0.462 e. The molecule has 0 rings (SSSR count). The predicted molar refractivity (Wildman–Crippen MR) is 334 cm³/mol. The summed E-state index contributed by atoms with van der Waals surface area (Å²) in [4.78, 5) is 48.7. The van der Waals surface area contributed by atoms with Gasteiger partial charge in [0.15, 0.2) is 6.10 Å². The van der Waals surface area contributed by atoms with Gasteiger partial charge in [-0.05, 0) is 122 Å². The molecule has 0 saturated carbocycles. The molecule has 80 heavy (non-hydrogen) atoms. The van der Waals surface area contributed by atoms with E-state index in [1.165, 1.54) is 38.5 Å². The van der Waals surface area contributed by atoms with Crippen molar-refractivity contribution in [3.63, 3.8) is 0 Å². The highest BCUT2D eigenvalue weighted by atomic mass is 31.2. The summed E-state index contributed by atoms with van der Waals surface area (Å²) in [6, 6.07) is 0. The normalized spacial score (nSPS) is 14.2. The Kier molecular flexibility index (Phi) is 57.4. The Bertz CT molecular complexity index is 1850. The van der Waals surface area contributed by atoms with Crippen molar-refractivity contribution in [2.24, 2.45) is 0 Å². The van der Waals surface area contributed by atoms with Gasteiger partial charge in [-0.2, -0.15) is 0 Å². The third-order valence-corrected chi connectivity index (χ3v) is 13.5.